The van der Waals surface area contributed by atoms with Gasteiger partial charge >= 0.3 is 5.97 Å². The van der Waals surface area contributed by atoms with Crippen molar-refractivity contribution in [2.45, 2.75) is 57.8 Å². The van der Waals surface area contributed by atoms with Gasteiger partial charge < -0.3 is 15.4 Å². The zero-order valence-electron chi connectivity index (χ0n) is 21.3. The Balaban J connectivity index is 1.41. The predicted octanol–water partition coefficient (Wildman–Crippen LogP) is 6.27. The number of rotatable bonds is 7. The van der Waals surface area contributed by atoms with E-state index in [1.54, 1.807) is 35.6 Å². The fraction of sp³-hybridized carbons (Fsp3) is 0.333. The molecule has 3 N–H and O–H groups in total. The molecular weight excluding hydrogens is 527 g/mol. The summed E-state index contributed by atoms with van der Waals surface area (Å²) in [5.41, 5.74) is 5.10. The molecule has 0 saturated carbocycles. The third kappa shape index (κ3) is 6.31. The van der Waals surface area contributed by atoms with Gasteiger partial charge in [-0.3, -0.25) is 9.52 Å². The molecule has 0 fully saturated rings. The van der Waals surface area contributed by atoms with Crippen LogP contribution in [0.4, 0.5) is 16.4 Å². The number of thiocarbonyl (C=S) groups is 1. The number of anilines is 3. The van der Waals surface area contributed by atoms with E-state index in [1.807, 2.05) is 45.9 Å². The van der Waals surface area contributed by atoms with E-state index >= 15 is 0 Å². The van der Waals surface area contributed by atoms with Crippen LogP contribution >= 0.6 is 23.6 Å². The third-order valence-electron chi connectivity index (χ3n) is 6.26. The van der Waals surface area contributed by atoms with Crippen molar-refractivity contribution in [3.63, 3.8) is 0 Å². The zero-order chi connectivity index (χ0) is 26.7. The van der Waals surface area contributed by atoms with Crippen molar-refractivity contribution in [1.82, 2.24) is 0 Å². The van der Waals surface area contributed by atoms with Gasteiger partial charge in [-0.05, 0) is 106 Å². The molecule has 3 aromatic rings. The maximum atomic E-state index is 13.0. The van der Waals surface area contributed by atoms with Crippen molar-refractivity contribution in [3.05, 3.63) is 69.6 Å². The normalized spacial score (nSPS) is 15.0. The SMILES string of the molecule is CCOC(=O)C1CCCc2sc(NC(=S)Nc3ccc(S(=O)(=O)Nc4c(C)cc(C)cc4C)cc3)cc21. The number of carbonyl (C=O) groups excluding carboxylic acids is 1. The summed E-state index contributed by atoms with van der Waals surface area (Å²) in [4.78, 5) is 13.7. The number of sulfonamides is 1. The van der Waals surface area contributed by atoms with E-state index in [0.29, 0.717) is 23.1 Å². The number of ether oxygens (including phenoxy) is 1. The minimum atomic E-state index is -3.75. The summed E-state index contributed by atoms with van der Waals surface area (Å²) >= 11 is 7.06. The fourth-order valence-corrected chi connectivity index (χ4v) is 7.30. The lowest BCUT2D eigenvalue weighted by Crippen LogP contribution is -2.20. The number of nitrogens with one attached hydrogen (secondary N) is 3. The zero-order valence-corrected chi connectivity index (χ0v) is 23.8. The van der Waals surface area contributed by atoms with E-state index in [1.165, 1.54) is 4.88 Å². The molecule has 7 nitrogen and oxygen atoms in total. The highest BCUT2D eigenvalue weighted by Gasteiger charge is 2.29. The molecule has 0 radical (unpaired) electrons. The highest BCUT2D eigenvalue weighted by atomic mass is 32.2. The molecule has 1 atom stereocenters. The van der Waals surface area contributed by atoms with Crippen molar-refractivity contribution in [2.24, 2.45) is 0 Å². The highest BCUT2D eigenvalue weighted by Crippen LogP contribution is 2.40. The van der Waals surface area contributed by atoms with E-state index in [2.05, 4.69) is 15.4 Å². The first-order valence-electron chi connectivity index (χ1n) is 12.2. The van der Waals surface area contributed by atoms with Gasteiger partial charge in [-0.2, -0.15) is 0 Å². The molecule has 4 rings (SSSR count). The maximum absolute atomic E-state index is 13.0. The Morgan fingerprint density at radius 2 is 1.76 bits per heavy atom. The summed E-state index contributed by atoms with van der Waals surface area (Å²) in [6.07, 6.45) is 2.67. The van der Waals surface area contributed by atoms with Crippen LogP contribution in [0.15, 0.2) is 47.4 Å². The number of esters is 1. The Kier molecular flexibility index (Phi) is 8.20. The van der Waals surface area contributed by atoms with Crippen LogP contribution in [0.3, 0.4) is 0 Å². The lowest BCUT2D eigenvalue weighted by Gasteiger charge is -2.20. The fourth-order valence-electron chi connectivity index (χ4n) is 4.63. The minimum Gasteiger partial charge on any atom is -0.466 e. The molecule has 10 heteroatoms. The van der Waals surface area contributed by atoms with Crippen LogP contribution < -0.4 is 15.4 Å². The lowest BCUT2D eigenvalue weighted by atomic mass is 9.88. The van der Waals surface area contributed by atoms with Crippen LogP contribution in [0.1, 0.15) is 52.8 Å². The summed E-state index contributed by atoms with van der Waals surface area (Å²) in [5, 5.41) is 7.52. The Morgan fingerprint density at radius 1 is 1.08 bits per heavy atom. The molecule has 1 aliphatic carbocycles. The smallest absolute Gasteiger partial charge is 0.313 e. The average Bonchev–Trinajstić information content (AvgIpc) is 3.24. The molecule has 1 heterocycles. The number of thiophene rings is 1. The Hall–Kier alpha value is -2.95. The van der Waals surface area contributed by atoms with Crippen LogP contribution in [0, 0.1) is 20.8 Å². The molecule has 1 unspecified atom stereocenters. The number of fused-ring (bicyclic) bond motifs is 1. The van der Waals surface area contributed by atoms with Gasteiger partial charge in [-0.1, -0.05) is 17.7 Å². The summed E-state index contributed by atoms with van der Waals surface area (Å²) in [6.45, 7) is 7.95. The minimum absolute atomic E-state index is 0.159. The first-order chi connectivity index (χ1) is 17.6. The molecule has 196 valence electrons. The monoisotopic (exact) mass is 557 g/mol. The van der Waals surface area contributed by atoms with Crippen molar-refractivity contribution in [1.29, 1.82) is 0 Å². The van der Waals surface area contributed by atoms with Crippen molar-refractivity contribution in [3.8, 4) is 0 Å². The van der Waals surface area contributed by atoms with Crippen LogP contribution in [-0.2, 0) is 26.0 Å². The van der Waals surface area contributed by atoms with Crippen LogP contribution in [-0.4, -0.2) is 26.1 Å². The van der Waals surface area contributed by atoms with E-state index < -0.39 is 10.0 Å². The first kappa shape index (κ1) is 27.1. The maximum Gasteiger partial charge on any atom is 0.313 e. The predicted molar refractivity (Wildman–Crippen MR) is 154 cm³/mol. The van der Waals surface area contributed by atoms with Crippen molar-refractivity contribution < 1.29 is 17.9 Å². The molecular formula is C27H31N3O4S3. The second-order valence-corrected chi connectivity index (χ2v) is 12.4. The molecule has 0 spiro atoms. The quantitative estimate of drug-likeness (QED) is 0.233. The van der Waals surface area contributed by atoms with Gasteiger partial charge in [-0.15, -0.1) is 11.3 Å². The number of hydrogen-bond donors (Lipinski definition) is 3. The van der Waals surface area contributed by atoms with Crippen LogP contribution in [0.2, 0.25) is 0 Å². The Morgan fingerprint density at radius 3 is 2.41 bits per heavy atom. The second-order valence-electron chi connectivity index (χ2n) is 9.17. The molecule has 1 aliphatic rings. The second kappa shape index (κ2) is 11.2. The topological polar surface area (TPSA) is 96.5 Å². The van der Waals surface area contributed by atoms with Crippen molar-refractivity contribution in [2.75, 3.05) is 22.0 Å². The highest BCUT2D eigenvalue weighted by molar-refractivity contribution is 7.92. The van der Waals surface area contributed by atoms with Crippen LogP contribution in [0.5, 0.6) is 0 Å². The molecule has 2 aromatic carbocycles. The average molecular weight is 558 g/mol. The summed E-state index contributed by atoms with van der Waals surface area (Å²) in [5.74, 6) is -0.404. The molecule has 0 saturated heterocycles. The molecule has 1 aromatic heterocycles. The summed E-state index contributed by atoms with van der Waals surface area (Å²) in [6, 6.07) is 12.3. The summed E-state index contributed by atoms with van der Waals surface area (Å²) in [7, 11) is -3.75. The van der Waals surface area contributed by atoms with Gasteiger partial charge in [0.2, 0.25) is 0 Å². The van der Waals surface area contributed by atoms with Gasteiger partial charge in [0.15, 0.2) is 5.11 Å². The van der Waals surface area contributed by atoms with Gasteiger partial charge in [-0.25, -0.2) is 8.42 Å². The van der Waals surface area contributed by atoms with Gasteiger partial charge in [0.05, 0.1) is 28.1 Å². The van der Waals surface area contributed by atoms with Crippen molar-refractivity contribution >= 4 is 61.0 Å². The molecule has 37 heavy (non-hydrogen) atoms. The first-order valence-corrected chi connectivity index (χ1v) is 14.9. The van der Waals surface area contributed by atoms with E-state index in [9.17, 15) is 13.2 Å². The number of carbonyl (C=O) groups is 1. The standard InChI is InChI=1S/C27H31N3O4S3/c1-5-34-26(31)21-7-6-8-23-22(21)15-24(36-23)29-27(35)28-19-9-11-20(12-10-19)37(32,33)30-25-17(3)13-16(2)14-18(25)4/h9-15,21,30H,5-8H2,1-4H3,(H2,28,29,35). The van der Waals surface area contributed by atoms with E-state index in [0.717, 1.165) is 46.5 Å². The van der Waals surface area contributed by atoms with Gasteiger partial charge in [0.1, 0.15) is 0 Å². The number of aryl methyl sites for hydroxylation is 4. The van der Waals surface area contributed by atoms with Gasteiger partial charge in [0.25, 0.3) is 10.0 Å². The molecule has 0 aliphatic heterocycles. The van der Waals surface area contributed by atoms with E-state index in [4.69, 9.17) is 17.0 Å². The van der Waals surface area contributed by atoms with E-state index in [-0.39, 0.29) is 16.8 Å². The largest absolute Gasteiger partial charge is 0.466 e. The Bertz CT molecular complexity index is 1410. The lowest BCUT2D eigenvalue weighted by molar-refractivity contribution is -0.145. The van der Waals surface area contributed by atoms with Crippen LogP contribution in [0.25, 0.3) is 0 Å². The molecule has 0 bridgehead atoms. The molecule has 0 amide bonds. The number of benzene rings is 2. The number of hydrogen-bond acceptors (Lipinski definition) is 6. The Labute approximate surface area is 227 Å². The third-order valence-corrected chi connectivity index (χ3v) is 8.95. The van der Waals surface area contributed by atoms with Gasteiger partial charge in [0, 0.05) is 10.6 Å². The summed E-state index contributed by atoms with van der Waals surface area (Å²) < 4.78 is 33.9.